The molecule has 0 saturated carbocycles. The molecule has 3 heterocycles. The van der Waals surface area contributed by atoms with Gasteiger partial charge in [0, 0.05) is 37.7 Å². The van der Waals surface area contributed by atoms with Crippen LogP contribution < -0.4 is 4.74 Å². The van der Waals surface area contributed by atoms with Crippen LogP contribution in [0.2, 0.25) is 0 Å². The van der Waals surface area contributed by atoms with Crippen molar-refractivity contribution < 1.29 is 13.2 Å². The van der Waals surface area contributed by atoms with Gasteiger partial charge in [0.05, 0.1) is 24.3 Å². The molecule has 2 aromatic heterocycles. The average molecular weight is 386 g/mol. The Morgan fingerprint density at radius 3 is 2.74 bits per heavy atom. The molecule has 0 bridgehead atoms. The SMILES string of the molecule is COc1ccc(CN(Cc2cn3cccnc3n2)[C@H]2CCS(=O)(=O)C2)cc1. The molecule has 1 atom stereocenters. The van der Waals surface area contributed by atoms with Gasteiger partial charge in [-0.15, -0.1) is 0 Å². The van der Waals surface area contributed by atoms with Crippen molar-refractivity contribution in [2.45, 2.75) is 25.6 Å². The van der Waals surface area contributed by atoms with Gasteiger partial charge in [-0.1, -0.05) is 12.1 Å². The van der Waals surface area contributed by atoms with E-state index in [0.29, 0.717) is 25.3 Å². The number of ether oxygens (including phenoxy) is 1. The molecular formula is C19H22N4O3S. The maximum Gasteiger partial charge on any atom is 0.233 e. The fourth-order valence-corrected chi connectivity index (χ4v) is 5.27. The molecule has 27 heavy (non-hydrogen) atoms. The molecule has 3 aromatic rings. The zero-order valence-electron chi connectivity index (χ0n) is 15.2. The molecule has 1 saturated heterocycles. The predicted molar refractivity (Wildman–Crippen MR) is 102 cm³/mol. The number of methoxy groups -OCH3 is 1. The van der Waals surface area contributed by atoms with Crippen LogP contribution in [0.1, 0.15) is 17.7 Å². The Morgan fingerprint density at radius 1 is 1.26 bits per heavy atom. The minimum atomic E-state index is -2.96. The summed E-state index contributed by atoms with van der Waals surface area (Å²) in [5, 5.41) is 0. The second kappa shape index (κ2) is 7.28. The Morgan fingerprint density at radius 2 is 2.07 bits per heavy atom. The number of benzene rings is 1. The summed E-state index contributed by atoms with van der Waals surface area (Å²) >= 11 is 0. The van der Waals surface area contributed by atoms with Gasteiger partial charge >= 0.3 is 0 Å². The first-order valence-corrected chi connectivity index (χ1v) is 10.7. The molecule has 0 unspecified atom stereocenters. The van der Waals surface area contributed by atoms with Crippen LogP contribution in [0, 0.1) is 0 Å². The first kappa shape index (κ1) is 17.9. The molecule has 0 radical (unpaired) electrons. The summed E-state index contributed by atoms with van der Waals surface area (Å²) in [6.45, 7) is 1.24. The van der Waals surface area contributed by atoms with Gasteiger partial charge in [0.1, 0.15) is 5.75 Å². The quantitative estimate of drug-likeness (QED) is 0.644. The van der Waals surface area contributed by atoms with Crippen LogP contribution in [-0.4, -0.2) is 52.3 Å². The number of aromatic nitrogens is 3. The van der Waals surface area contributed by atoms with Gasteiger partial charge in [0.15, 0.2) is 9.84 Å². The van der Waals surface area contributed by atoms with Crippen molar-refractivity contribution in [3.05, 3.63) is 60.2 Å². The molecule has 8 heteroatoms. The first-order chi connectivity index (χ1) is 13.0. The fourth-order valence-electron chi connectivity index (χ4n) is 3.51. The first-order valence-electron chi connectivity index (χ1n) is 8.88. The number of hydrogen-bond donors (Lipinski definition) is 0. The normalized spacial score (nSPS) is 19.0. The molecule has 1 aliphatic heterocycles. The van der Waals surface area contributed by atoms with Crippen LogP contribution in [0.25, 0.3) is 5.78 Å². The minimum absolute atomic E-state index is 0.00475. The number of rotatable bonds is 6. The molecule has 4 rings (SSSR count). The maximum absolute atomic E-state index is 12.0. The van der Waals surface area contributed by atoms with E-state index in [-0.39, 0.29) is 17.5 Å². The van der Waals surface area contributed by atoms with E-state index in [1.807, 2.05) is 47.1 Å². The van der Waals surface area contributed by atoms with Crippen molar-refractivity contribution in [2.75, 3.05) is 18.6 Å². The molecule has 1 fully saturated rings. The monoisotopic (exact) mass is 386 g/mol. The number of hydrogen-bond acceptors (Lipinski definition) is 6. The summed E-state index contributed by atoms with van der Waals surface area (Å²) < 4.78 is 31.1. The molecule has 0 aliphatic carbocycles. The molecule has 7 nitrogen and oxygen atoms in total. The highest BCUT2D eigenvalue weighted by molar-refractivity contribution is 7.91. The zero-order chi connectivity index (χ0) is 18.9. The summed E-state index contributed by atoms with van der Waals surface area (Å²) in [4.78, 5) is 11.0. The van der Waals surface area contributed by atoms with Crippen molar-refractivity contribution in [1.29, 1.82) is 0 Å². The molecule has 1 aliphatic rings. The molecular weight excluding hydrogens is 364 g/mol. The van der Waals surface area contributed by atoms with Gasteiger partial charge in [-0.25, -0.2) is 18.4 Å². The van der Waals surface area contributed by atoms with Crippen molar-refractivity contribution >= 4 is 15.6 Å². The van der Waals surface area contributed by atoms with E-state index < -0.39 is 9.84 Å². The summed E-state index contributed by atoms with van der Waals surface area (Å²) in [7, 11) is -1.32. The van der Waals surface area contributed by atoms with E-state index in [1.165, 1.54) is 0 Å². The Kier molecular flexibility index (Phi) is 4.84. The van der Waals surface area contributed by atoms with Crippen LogP contribution in [0.3, 0.4) is 0 Å². The van der Waals surface area contributed by atoms with Crippen molar-refractivity contribution in [3.8, 4) is 5.75 Å². The second-order valence-corrected chi connectivity index (χ2v) is 9.10. The van der Waals surface area contributed by atoms with E-state index in [0.717, 1.165) is 17.0 Å². The lowest BCUT2D eigenvalue weighted by atomic mass is 10.1. The highest BCUT2D eigenvalue weighted by Crippen LogP contribution is 2.23. The van der Waals surface area contributed by atoms with Crippen molar-refractivity contribution in [2.24, 2.45) is 0 Å². The maximum atomic E-state index is 12.0. The molecule has 1 aromatic carbocycles. The third-order valence-corrected chi connectivity index (χ3v) is 6.67. The number of sulfone groups is 1. The third kappa shape index (κ3) is 4.12. The Hall–Kier alpha value is -2.45. The van der Waals surface area contributed by atoms with E-state index in [4.69, 9.17) is 4.74 Å². The highest BCUT2D eigenvalue weighted by atomic mass is 32.2. The Labute approximate surface area is 158 Å². The third-order valence-electron chi connectivity index (χ3n) is 4.92. The van der Waals surface area contributed by atoms with E-state index >= 15 is 0 Å². The molecule has 142 valence electrons. The topological polar surface area (TPSA) is 76.8 Å². The van der Waals surface area contributed by atoms with Crippen LogP contribution in [0.5, 0.6) is 5.75 Å². The van der Waals surface area contributed by atoms with Gasteiger partial charge < -0.3 is 4.74 Å². The van der Waals surface area contributed by atoms with E-state index in [9.17, 15) is 8.42 Å². The molecule has 0 amide bonds. The average Bonchev–Trinajstić information content (AvgIpc) is 3.24. The van der Waals surface area contributed by atoms with Crippen LogP contribution >= 0.6 is 0 Å². The van der Waals surface area contributed by atoms with E-state index in [1.54, 1.807) is 13.3 Å². The van der Waals surface area contributed by atoms with Crippen LogP contribution in [0.15, 0.2) is 48.9 Å². The van der Waals surface area contributed by atoms with Gasteiger partial charge in [0.2, 0.25) is 5.78 Å². The molecule has 0 spiro atoms. The smallest absolute Gasteiger partial charge is 0.233 e. The van der Waals surface area contributed by atoms with Gasteiger partial charge in [0.25, 0.3) is 0 Å². The Bertz CT molecular complexity index is 998. The minimum Gasteiger partial charge on any atom is -0.497 e. The highest BCUT2D eigenvalue weighted by Gasteiger charge is 2.32. The predicted octanol–water partition coefficient (Wildman–Crippen LogP) is 1.93. The van der Waals surface area contributed by atoms with Gasteiger partial charge in [-0.3, -0.25) is 9.30 Å². The van der Waals surface area contributed by atoms with Crippen molar-refractivity contribution in [1.82, 2.24) is 19.3 Å². The van der Waals surface area contributed by atoms with Gasteiger partial charge in [-0.2, -0.15) is 0 Å². The fraction of sp³-hybridized carbons (Fsp3) is 0.368. The van der Waals surface area contributed by atoms with Gasteiger partial charge in [-0.05, 0) is 30.2 Å². The molecule has 0 N–H and O–H groups in total. The summed E-state index contributed by atoms with van der Waals surface area (Å²) in [5.41, 5.74) is 1.99. The number of imidazole rings is 1. The lowest BCUT2D eigenvalue weighted by molar-refractivity contribution is 0.192. The number of fused-ring (bicyclic) bond motifs is 1. The Balaban J connectivity index is 1.58. The van der Waals surface area contributed by atoms with Crippen LogP contribution in [0.4, 0.5) is 0 Å². The van der Waals surface area contributed by atoms with Crippen LogP contribution in [-0.2, 0) is 22.9 Å². The lowest BCUT2D eigenvalue weighted by Crippen LogP contribution is -2.35. The van der Waals surface area contributed by atoms with E-state index in [2.05, 4.69) is 14.9 Å². The standard InChI is InChI=1S/C19H22N4O3S/c1-26-18-5-3-15(4-6-18)11-23(17-7-10-27(24,25)14-17)13-16-12-22-9-2-8-20-19(22)21-16/h2-6,8-9,12,17H,7,10-11,13-14H2,1H3/t17-/m0/s1. The zero-order valence-corrected chi connectivity index (χ0v) is 16.0. The second-order valence-electron chi connectivity index (χ2n) is 6.87. The van der Waals surface area contributed by atoms with Crippen molar-refractivity contribution in [3.63, 3.8) is 0 Å². The summed E-state index contributed by atoms with van der Waals surface area (Å²) in [5.74, 6) is 1.91. The lowest BCUT2D eigenvalue weighted by Gasteiger charge is -2.27. The summed E-state index contributed by atoms with van der Waals surface area (Å²) in [6.07, 6.45) is 6.23. The number of nitrogens with zero attached hydrogens (tertiary/aromatic N) is 4. The summed E-state index contributed by atoms with van der Waals surface area (Å²) in [6, 6.07) is 9.73. The largest absolute Gasteiger partial charge is 0.497 e.